The third-order valence-corrected chi connectivity index (χ3v) is 4.01. The maximum atomic E-state index is 13.2. The van der Waals surface area contributed by atoms with Gasteiger partial charge in [-0.15, -0.1) is 12.4 Å². The number of carbonyl (C=O) groups excluding carboxylic acids is 2. The molecule has 0 saturated carbocycles. The van der Waals surface area contributed by atoms with Crippen LogP contribution in [0, 0.1) is 11.7 Å². The summed E-state index contributed by atoms with van der Waals surface area (Å²) in [5, 5.41) is 0. The standard InChI is InChI=1S/C16H21FN2O2.ClH/c1-11(16(21)12-4-2-5-13(17)9-12)8-15(20)19-7-3-6-14(19)10-18;/h2,4-5,9,11,14H,3,6-8,10,18H2,1H3;1H. The van der Waals surface area contributed by atoms with Crippen molar-refractivity contribution < 1.29 is 14.0 Å². The first-order chi connectivity index (χ1) is 10.0. The van der Waals surface area contributed by atoms with Crippen LogP contribution in [0.1, 0.15) is 36.5 Å². The number of nitrogens with zero attached hydrogens (tertiary/aromatic N) is 1. The van der Waals surface area contributed by atoms with Gasteiger partial charge in [-0.1, -0.05) is 19.1 Å². The lowest BCUT2D eigenvalue weighted by Crippen LogP contribution is -2.40. The third-order valence-electron chi connectivity index (χ3n) is 4.01. The van der Waals surface area contributed by atoms with Crippen molar-refractivity contribution >= 4 is 24.1 Å². The van der Waals surface area contributed by atoms with Crippen LogP contribution in [0.4, 0.5) is 4.39 Å². The lowest BCUT2D eigenvalue weighted by atomic mass is 9.95. The third kappa shape index (κ3) is 4.27. The summed E-state index contributed by atoms with van der Waals surface area (Å²) in [5.41, 5.74) is 5.97. The lowest BCUT2D eigenvalue weighted by molar-refractivity contribution is -0.132. The fraction of sp³-hybridized carbons (Fsp3) is 0.500. The van der Waals surface area contributed by atoms with Gasteiger partial charge >= 0.3 is 0 Å². The second kappa shape index (κ2) is 8.25. The minimum atomic E-state index is -0.460. The molecule has 0 bridgehead atoms. The molecule has 1 heterocycles. The van der Waals surface area contributed by atoms with Crippen molar-refractivity contribution in [2.45, 2.75) is 32.2 Å². The van der Waals surface area contributed by atoms with Gasteiger partial charge in [0.1, 0.15) is 5.82 Å². The van der Waals surface area contributed by atoms with Gasteiger partial charge < -0.3 is 10.6 Å². The van der Waals surface area contributed by atoms with Crippen LogP contribution in [0.2, 0.25) is 0 Å². The Labute approximate surface area is 136 Å². The molecule has 1 saturated heterocycles. The molecule has 1 fully saturated rings. The molecule has 4 nitrogen and oxygen atoms in total. The molecule has 6 heteroatoms. The predicted molar refractivity (Wildman–Crippen MR) is 85.5 cm³/mol. The minimum absolute atomic E-state index is 0. The molecule has 0 radical (unpaired) electrons. The molecule has 2 unspecified atom stereocenters. The number of ketones is 1. The van der Waals surface area contributed by atoms with Crippen molar-refractivity contribution in [3.63, 3.8) is 0 Å². The molecule has 1 aliphatic heterocycles. The van der Waals surface area contributed by atoms with Crippen LogP contribution in [0.25, 0.3) is 0 Å². The normalized spacial score (nSPS) is 18.7. The molecular formula is C16H22ClFN2O2. The largest absolute Gasteiger partial charge is 0.338 e. The number of benzene rings is 1. The Bertz CT molecular complexity index is 539. The van der Waals surface area contributed by atoms with E-state index in [9.17, 15) is 14.0 Å². The van der Waals surface area contributed by atoms with Gasteiger partial charge in [-0.2, -0.15) is 0 Å². The highest BCUT2D eigenvalue weighted by Crippen LogP contribution is 2.20. The molecule has 2 rings (SSSR count). The number of hydrogen-bond donors (Lipinski definition) is 1. The van der Waals surface area contributed by atoms with Crippen LogP contribution in [0.15, 0.2) is 24.3 Å². The first kappa shape index (κ1) is 18.6. The first-order valence-corrected chi connectivity index (χ1v) is 7.32. The van der Waals surface area contributed by atoms with Crippen LogP contribution in [-0.2, 0) is 4.79 Å². The van der Waals surface area contributed by atoms with E-state index in [1.807, 2.05) is 0 Å². The second-order valence-corrected chi connectivity index (χ2v) is 5.60. The first-order valence-electron chi connectivity index (χ1n) is 7.32. The monoisotopic (exact) mass is 328 g/mol. The van der Waals surface area contributed by atoms with Crippen molar-refractivity contribution in [3.8, 4) is 0 Å². The van der Waals surface area contributed by atoms with Crippen LogP contribution in [-0.4, -0.2) is 35.7 Å². The zero-order chi connectivity index (χ0) is 15.4. The summed E-state index contributed by atoms with van der Waals surface area (Å²) >= 11 is 0. The van der Waals surface area contributed by atoms with E-state index in [-0.39, 0.29) is 36.6 Å². The van der Waals surface area contributed by atoms with Crippen molar-refractivity contribution in [1.82, 2.24) is 4.90 Å². The SMILES string of the molecule is CC(CC(=O)N1CCCC1CN)C(=O)c1cccc(F)c1.Cl. The van der Waals surface area contributed by atoms with Crippen LogP contribution in [0.3, 0.4) is 0 Å². The molecule has 0 spiro atoms. The van der Waals surface area contributed by atoms with Gasteiger partial charge in [0, 0.05) is 37.0 Å². The van der Waals surface area contributed by atoms with E-state index < -0.39 is 11.7 Å². The topological polar surface area (TPSA) is 63.4 Å². The summed E-state index contributed by atoms with van der Waals surface area (Å²) in [4.78, 5) is 26.3. The van der Waals surface area contributed by atoms with Crippen molar-refractivity contribution in [2.24, 2.45) is 11.7 Å². The van der Waals surface area contributed by atoms with Gasteiger partial charge in [0.05, 0.1) is 0 Å². The maximum Gasteiger partial charge on any atom is 0.223 e. The Balaban J connectivity index is 0.00000242. The van der Waals surface area contributed by atoms with Gasteiger partial charge in [-0.25, -0.2) is 4.39 Å². The van der Waals surface area contributed by atoms with E-state index in [0.717, 1.165) is 12.8 Å². The number of likely N-dealkylation sites (tertiary alicyclic amines) is 1. The van der Waals surface area contributed by atoms with Crippen LogP contribution in [0.5, 0.6) is 0 Å². The zero-order valence-electron chi connectivity index (χ0n) is 12.6. The summed E-state index contributed by atoms with van der Waals surface area (Å²) < 4.78 is 13.2. The Morgan fingerprint density at radius 1 is 1.45 bits per heavy atom. The molecular weight excluding hydrogens is 307 g/mol. The molecule has 1 aliphatic rings. The average Bonchev–Trinajstić information content (AvgIpc) is 2.94. The van der Waals surface area contributed by atoms with E-state index >= 15 is 0 Å². The molecule has 1 aromatic carbocycles. The fourth-order valence-electron chi connectivity index (χ4n) is 2.81. The Morgan fingerprint density at radius 2 is 2.18 bits per heavy atom. The summed E-state index contributed by atoms with van der Waals surface area (Å²) in [6.07, 6.45) is 2.03. The second-order valence-electron chi connectivity index (χ2n) is 5.60. The molecule has 2 N–H and O–H groups in total. The zero-order valence-corrected chi connectivity index (χ0v) is 13.4. The predicted octanol–water partition coefficient (Wildman–Crippen LogP) is 2.41. The van der Waals surface area contributed by atoms with Crippen molar-refractivity contribution in [3.05, 3.63) is 35.6 Å². The highest BCUT2D eigenvalue weighted by molar-refractivity contribution is 5.99. The molecule has 22 heavy (non-hydrogen) atoms. The number of amides is 1. The molecule has 1 aromatic rings. The van der Waals surface area contributed by atoms with Crippen molar-refractivity contribution in [2.75, 3.05) is 13.1 Å². The highest BCUT2D eigenvalue weighted by Gasteiger charge is 2.29. The molecule has 1 amide bonds. The lowest BCUT2D eigenvalue weighted by Gasteiger charge is -2.24. The number of nitrogens with two attached hydrogens (primary N) is 1. The van der Waals surface area contributed by atoms with Crippen LogP contribution >= 0.6 is 12.4 Å². The average molecular weight is 329 g/mol. The van der Waals surface area contributed by atoms with Gasteiger partial charge in [-0.3, -0.25) is 9.59 Å². The van der Waals surface area contributed by atoms with Gasteiger partial charge in [0.2, 0.25) is 5.91 Å². The van der Waals surface area contributed by atoms with E-state index in [2.05, 4.69) is 0 Å². The summed E-state index contributed by atoms with van der Waals surface area (Å²) in [5.74, 6) is -1.15. The Kier molecular flexibility index (Phi) is 6.97. The Morgan fingerprint density at radius 3 is 2.82 bits per heavy atom. The number of Topliss-reactive ketones (excluding diaryl/α,β-unsaturated/α-hetero) is 1. The summed E-state index contributed by atoms with van der Waals surface area (Å²) in [6.45, 7) is 2.87. The minimum Gasteiger partial charge on any atom is -0.338 e. The van der Waals surface area contributed by atoms with E-state index in [1.165, 1.54) is 18.2 Å². The molecule has 122 valence electrons. The van der Waals surface area contributed by atoms with E-state index in [4.69, 9.17) is 5.73 Å². The quantitative estimate of drug-likeness (QED) is 0.844. The van der Waals surface area contributed by atoms with Crippen LogP contribution < -0.4 is 5.73 Å². The Hall–Kier alpha value is -1.46. The van der Waals surface area contributed by atoms with Crippen molar-refractivity contribution in [1.29, 1.82) is 0 Å². The number of hydrogen-bond acceptors (Lipinski definition) is 3. The van der Waals surface area contributed by atoms with Gasteiger partial charge in [0.25, 0.3) is 0 Å². The summed E-state index contributed by atoms with van der Waals surface area (Å²) in [7, 11) is 0. The maximum absolute atomic E-state index is 13.2. The number of halogens is 2. The fourth-order valence-corrected chi connectivity index (χ4v) is 2.81. The number of rotatable bonds is 5. The highest BCUT2D eigenvalue weighted by atomic mass is 35.5. The smallest absolute Gasteiger partial charge is 0.223 e. The molecule has 2 atom stereocenters. The van der Waals surface area contributed by atoms with Gasteiger partial charge in [-0.05, 0) is 25.0 Å². The molecule has 0 aliphatic carbocycles. The summed E-state index contributed by atoms with van der Waals surface area (Å²) in [6, 6.07) is 5.67. The van der Waals surface area contributed by atoms with Gasteiger partial charge in [0.15, 0.2) is 5.78 Å². The van der Waals surface area contributed by atoms with E-state index in [0.29, 0.717) is 18.7 Å². The number of carbonyl (C=O) groups is 2. The van der Waals surface area contributed by atoms with E-state index in [1.54, 1.807) is 17.9 Å². The molecule has 0 aromatic heterocycles.